The van der Waals surface area contributed by atoms with Gasteiger partial charge in [0.2, 0.25) is 0 Å². The first-order valence-electron chi connectivity index (χ1n) is 7.96. The Bertz CT molecular complexity index is 897. The SMILES string of the molecule is Cc1ccc(-n2[nH]c(C(=O)N3CC4CC4(C(F)(F)F)C3)cc2=O)cc1. The number of piperidine rings is 1. The maximum Gasteiger partial charge on any atom is 0.396 e. The van der Waals surface area contributed by atoms with E-state index in [9.17, 15) is 22.8 Å². The summed E-state index contributed by atoms with van der Waals surface area (Å²) in [7, 11) is 0. The maximum absolute atomic E-state index is 13.1. The van der Waals surface area contributed by atoms with Crippen LogP contribution in [0.2, 0.25) is 0 Å². The number of hydrogen-bond donors (Lipinski definition) is 1. The quantitative estimate of drug-likeness (QED) is 0.904. The third-order valence-electron chi connectivity index (χ3n) is 5.24. The minimum absolute atomic E-state index is 0.00389. The van der Waals surface area contributed by atoms with Gasteiger partial charge in [-0.15, -0.1) is 0 Å². The normalized spacial score (nSPS) is 25.1. The number of alkyl halides is 3. The lowest BCUT2D eigenvalue weighted by Crippen LogP contribution is -2.36. The van der Waals surface area contributed by atoms with Crippen LogP contribution in [0.3, 0.4) is 0 Å². The average Bonchev–Trinajstić information content (AvgIpc) is 2.93. The van der Waals surface area contributed by atoms with Crippen molar-refractivity contribution in [2.24, 2.45) is 11.3 Å². The zero-order valence-corrected chi connectivity index (χ0v) is 13.4. The third kappa shape index (κ3) is 2.39. The third-order valence-corrected chi connectivity index (χ3v) is 5.24. The smallest absolute Gasteiger partial charge is 0.336 e. The van der Waals surface area contributed by atoms with Crippen LogP contribution in [-0.4, -0.2) is 39.9 Å². The van der Waals surface area contributed by atoms with E-state index in [1.165, 1.54) is 9.58 Å². The fourth-order valence-electron chi connectivity index (χ4n) is 3.64. The number of carbonyl (C=O) groups excluding carboxylic acids is 1. The zero-order chi connectivity index (χ0) is 18.0. The molecule has 1 aromatic carbocycles. The molecular weight excluding hydrogens is 335 g/mol. The van der Waals surface area contributed by atoms with E-state index >= 15 is 0 Å². The Balaban J connectivity index is 1.58. The second kappa shape index (κ2) is 5.00. The van der Waals surface area contributed by atoms with Gasteiger partial charge in [0.25, 0.3) is 11.5 Å². The largest absolute Gasteiger partial charge is 0.396 e. The summed E-state index contributed by atoms with van der Waals surface area (Å²) in [5.74, 6) is -1.10. The number of rotatable bonds is 2. The van der Waals surface area contributed by atoms with Gasteiger partial charge in [0.15, 0.2) is 0 Å². The fraction of sp³-hybridized carbons (Fsp3) is 0.412. The van der Waals surface area contributed by atoms with Crippen molar-refractivity contribution in [2.45, 2.75) is 19.5 Å². The Morgan fingerprint density at radius 3 is 2.56 bits per heavy atom. The fourth-order valence-corrected chi connectivity index (χ4v) is 3.64. The number of H-pyrrole nitrogens is 1. The van der Waals surface area contributed by atoms with Gasteiger partial charge >= 0.3 is 6.18 Å². The van der Waals surface area contributed by atoms with Crippen molar-refractivity contribution < 1.29 is 18.0 Å². The van der Waals surface area contributed by atoms with E-state index in [0.29, 0.717) is 5.69 Å². The number of nitrogens with zero attached hydrogens (tertiary/aromatic N) is 2. The number of nitrogens with one attached hydrogen (secondary N) is 1. The second-order valence-electron chi connectivity index (χ2n) is 6.92. The van der Waals surface area contributed by atoms with E-state index in [1.807, 2.05) is 19.1 Å². The van der Waals surface area contributed by atoms with Crippen molar-refractivity contribution in [3.05, 3.63) is 51.9 Å². The summed E-state index contributed by atoms with van der Waals surface area (Å²) in [5.41, 5.74) is -0.590. The summed E-state index contributed by atoms with van der Waals surface area (Å²) in [5, 5.41) is 2.71. The van der Waals surface area contributed by atoms with Gasteiger partial charge in [-0.2, -0.15) is 13.2 Å². The molecule has 2 heterocycles. The van der Waals surface area contributed by atoms with Crippen LogP contribution in [0.1, 0.15) is 22.5 Å². The first-order valence-corrected chi connectivity index (χ1v) is 7.96. The molecule has 1 aromatic heterocycles. The molecule has 1 aliphatic carbocycles. The number of hydrogen-bond acceptors (Lipinski definition) is 2. The van der Waals surface area contributed by atoms with E-state index in [1.54, 1.807) is 12.1 Å². The maximum atomic E-state index is 13.1. The lowest BCUT2D eigenvalue weighted by Gasteiger charge is -2.22. The lowest BCUT2D eigenvalue weighted by atomic mass is 10.1. The van der Waals surface area contributed by atoms with E-state index in [2.05, 4.69) is 5.10 Å². The van der Waals surface area contributed by atoms with Crippen molar-refractivity contribution in [3.63, 3.8) is 0 Å². The van der Waals surface area contributed by atoms with Gasteiger partial charge < -0.3 is 4.90 Å². The number of likely N-dealkylation sites (tertiary alicyclic amines) is 1. The molecule has 5 nitrogen and oxygen atoms in total. The van der Waals surface area contributed by atoms with Gasteiger partial charge in [-0.05, 0) is 31.4 Å². The van der Waals surface area contributed by atoms with Crippen LogP contribution in [0.5, 0.6) is 0 Å². The molecule has 132 valence electrons. The molecule has 8 heteroatoms. The first-order chi connectivity index (χ1) is 11.7. The Morgan fingerprint density at radius 1 is 1.28 bits per heavy atom. The van der Waals surface area contributed by atoms with Gasteiger partial charge in [0.1, 0.15) is 5.69 Å². The van der Waals surface area contributed by atoms with Crippen molar-refractivity contribution in [1.29, 1.82) is 0 Å². The summed E-state index contributed by atoms with van der Waals surface area (Å²) in [4.78, 5) is 25.8. The van der Waals surface area contributed by atoms with E-state index in [0.717, 1.165) is 11.6 Å². The second-order valence-corrected chi connectivity index (χ2v) is 6.92. The highest BCUT2D eigenvalue weighted by molar-refractivity contribution is 5.92. The summed E-state index contributed by atoms with van der Waals surface area (Å²) in [6.07, 6.45) is -4.21. The molecule has 25 heavy (non-hydrogen) atoms. The zero-order valence-electron chi connectivity index (χ0n) is 13.4. The molecule has 2 fully saturated rings. The minimum Gasteiger partial charge on any atom is -0.336 e. The first kappa shape index (κ1) is 16.0. The Morgan fingerprint density at radius 2 is 1.96 bits per heavy atom. The van der Waals surface area contributed by atoms with Crippen LogP contribution in [-0.2, 0) is 0 Å². The van der Waals surface area contributed by atoms with Crippen molar-refractivity contribution in [2.75, 3.05) is 13.1 Å². The topological polar surface area (TPSA) is 58.1 Å². The predicted octanol–water partition coefficient (Wildman–Crippen LogP) is 2.50. The molecule has 1 amide bonds. The molecule has 1 saturated heterocycles. The molecule has 2 atom stereocenters. The minimum atomic E-state index is -4.30. The van der Waals surface area contributed by atoms with Crippen LogP contribution in [0.4, 0.5) is 13.2 Å². The number of aromatic amines is 1. The highest BCUT2D eigenvalue weighted by atomic mass is 19.4. The van der Waals surface area contributed by atoms with Gasteiger partial charge in [-0.3, -0.25) is 14.7 Å². The number of amides is 1. The molecule has 0 radical (unpaired) electrons. The highest BCUT2D eigenvalue weighted by Gasteiger charge is 2.74. The van der Waals surface area contributed by atoms with Crippen LogP contribution in [0.15, 0.2) is 35.1 Å². The van der Waals surface area contributed by atoms with Crippen molar-refractivity contribution >= 4 is 5.91 Å². The Kier molecular flexibility index (Phi) is 3.20. The van der Waals surface area contributed by atoms with Crippen molar-refractivity contribution in [1.82, 2.24) is 14.7 Å². The van der Waals surface area contributed by atoms with Crippen LogP contribution >= 0.6 is 0 Å². The number of carbonyl (C=O) groups is 1. The summed E-state index contributed by atoms with van der Waals surface area (Å²) in [6, 6.07) is 8.24. The monoisotopic (exact) mass is 351 g/mol. The molecule has 0 spiro atoms. The standard InChI is InChI=1S/C17H16F3N3O2/c1-10-2-4-12(5-3-10)23-14(24)6-13(21-23)15(25)22-8-11-7-16(11,9-22)17(18,19)20/h2-6,11,21H,7-9H2,1H3. The molecule has 1 aliphatic heterocycles. The van der Waals surface area contributed by atoms with Crippen molar-refractivity contribution in [3.8, 4) is 5.69 Å². The van der Waals surface area contributed by atoms with Gasteiger partial charge in [-0.1, -0.05) is 17.7 Å². The predicted molar refractivity (Wildman–Crippen MR) is 83.6 cm³/mol. The highest BCUT2D eigenvalue weighted by Crippen LogP contribution is 2.66. The Hall–Kier alpha value is -2.51. The molecular formula is C17H16F3N3O2. The molecule has 2 aliphatic rings. The average molecular weight is 351 g/mol. The molecule has 2 unspecified atom stereocenters. The molecule has 0 bridgehead atoms. The number of benzene rings is 1. The number of aryl methyl sites for hydroxylation is 1. The van der Waals surface area contributed by atoms with Gasteiger partial charge in [0, 0.05) is 19.2 Å². The number of aromatic nitrogens is 2. The number of halogens is 3. The summed E-state index contributed by atoms with van der Waals surface area (Å²) in [6.45, 7) is 1.65. The molecule has 2 aromatic rings. The van der Waals surface area contributed by atoms with Gasteiger partial charge in [-0.25, -0.2) is 4.68 Å². The van der Waals surface area contributed by atoms with Gasteiger partial charge in [0.05, 0.1) is 11.1 Å². The van der Waals surface area contributed by atoms with E-state index in [-0.39, 0.29) is 25.2 Å². The van der Waals surface area contributed by atoms with E-state index in [4.69, 9.17) is 0 Å². The molecule has 1 saturated carbocycles. The van der Waals surface area contributed by atoms with Crippen LogP contribution in [0, 0.1) is 18.3 Å². The lowest BCUT2D eigenvalue weighted by molar-refractivity contribution is -0.187. The summed E-state index contributed by atoms with van der Waals surface area (Å²) >= 11 is 0. The van der Waals surface area contributed by atoms with E-state index < -0.39 is 29.0 Å². The molecule has 1 N–H and O–H groups in total. The summed E-state index contributed by atoms with van der Waals surface area (Å²) < 4.78 is 40.7. The van der Waals surface area contributed by atoms with Crippen LogP contribution in [0.25, 0.3) is 5.69 Å². The Labute approximate surface area is 141 Å². The number of fused-ring (bicyclic) bond motifs is 1. The molecule has 4 rings (SSSR count). The van der Waals surface area contributed by atoms with Crippen LogP contribution < -0.4 is 5.56 Å².